The van der Waals surface area contributed by atoms with Gasteiger partial charge in [0.2, 0.25) is 0 Å². The van der Waals surface area contributed by atoms with Crippen LogP contribution in [0.2, 0.25) is 0 Å². The SMILES string of the molecule is COC(=O)C1CC2NCN(CC3CCC(OC)CC3)C2CN1CC1CCCCC1. The number of nitrogens with zero attached hydrogens (tertiary/aromatic N) is 2. The first-order chi connectivity index (χ1) is 14.2. The number of esters is 1. The molecule has 0 aromatic carbocycles. The van der Waals surface area contributed by atoms with Crippen LogP contribution in [0.5, 0.6) is 0 Å². The second-order valence-corrected chi connectivity index (χ2v) is 9.92. The highest BCUT2D eigenvalue weighted by atomic mass is 16.5. The molecule has 0 spiro atoms. The molecule has 4 rings (SSSR count). The van der Waals surface area contributed by atoms with Crippen LogP contribution in [0.3, 0.4) is 0 Å². The molecule has 6 heteroatoms. The van der Waals surface area contributed by atoms with Gasteiger partial charge in [-0.2, -0.15) is 0 Å². The van der Waals surface area contributed by atoms with Gasteiger partial charge in [0.25, 0.3) is 0 Å². The fraction of sp³-hybridized carbons (Fsp3) is 0.957. The molecule has 2 aliphatic heterocycles. The molecule has 1 N–H and O–H groups in total. The zero-order valence-electron chi connectivity index (χ0n) is 18.5. The normalized spacial score (nSPS) is 37.4. The van der Waals surface area contributed by atoms with Gasteiger partial charge in [-0.3, -0.25) is 19.9 Å². The molecule has 2 saturated carbocycles. The fourth-order valence-corrected chi connectivity index (χ4v) is 6.35. The third-order valence-electron chi connectivity index (χ3n) is 8.14. The van der Waals surface area contributed by atoms with E-state index in [1.165, 1.54) is 71.4 Å². The zero-order chi connectivity index (χ0) is 20.2. The summed E-state index contributed by atoms with van der Waals surface area (Å²) in [5.74, 6) is 1.49. The molecule has 4 fully saturated rings. The van der Waals surface area contributed by atoms with Gasteiger partial charge in [0.05, 0.1) is 13.2 Å². The minimum absolute atomic E-state index is 0.0441. The van der Waals surface area contributed by atoms with Gasteiger partial charge in [0.15, 0.2) is 0 Å². The number of methoxy groups -OCH3 is 2. The van der Waals surface area contributed by atoms with E-state index in [2.05, 4.69) is 15.1 Å². The van der Waals surface area contributed by atoms with Gasteiger partial charge in [0.1, 0.15) is 6.04 Å². The first-order valence-corrected chi connectivity index (χ1v) is 12.0. The molecule has 2 heterocycles. The minimum atomic E-state index is -0.0761. The molecule has 4 aliphatic rings. The Kier molecular flexibility index (Phi) is 7.49. The number of carbonyl (C=O) groups is 1. The Morgan fingerprint density at radius 1 is 0.931 bits per heavy atom. The van der Waals surface area contributed by atoms with Gasteiger partial charge in [0, 0.05) is 45.5 Å². The van der Waals surface area contributed by atoms with Crippen molar-refractivity contribution in [2.75, 3.05) is 40.5 Å². The highest BCUT2D eigenvalue weighted by Gasteiger charge is 2.45. The number of nitrogens with one attached hydrogen (secondary N) is 1. The van der Waals surface area contributed by atoms with E-state index in [1.807, 2.05) is 7.11 Å². The summed E-state index contributed by atoms with van der Waals surface area (Å²) in [5, 5.41) is 3.72. The topological polar surface area (TPSA) is 54.0 Å². The lowest BCUT2D eigenvalue weighted by atomic mass is 9.85. The summed E-state index contributed by atoms with van der Waals surface area (Å²) < 4.78 is 10.7. The van der Waals surface area contributed by atoms with E-state index >= 15 is 0 Å². The molecular formula is C23H41N3O3. The minimum Gasteiger partial charge on any atom is -0.468 e. The van der Waals surface area contributed by atoms with Crippen molar-refractivity contribution in [2.45, 2.75) is 88.4 Å². The second kappa shape index (κ2) is 10.1. The van der Waals surface area contributed by atoms with Crippen LogP contribution in [0.1, 0.15) is 64.2 Å². The summed E-state index contributed by atoms with van der Waals surface area (Å²) in [6.07, 6.45) is 13.1. The Hall–Kier alpha value is -0.690. The average molecular weight is 408 g/mol. The molecule has 166 valence electrons. The van der Waals surface area contributed by atoms with E-state index in [9.17, 15) is 4.79 Å². The van der Waals surface area contributed by atoms with E-state index in [4.69, 9.17) is 9.47 Å². The molecule has 3 atom stereocenters. The number of ether oxygens (including phenoxy) is 2. The molecule has 2 saturated heterocycles. The second-order valence-electron chi connectivity index (χ2n) is 9.92. The van der Waals surface area contributed by atoms with Crippen LogP contribution in [0.15, 0.2) is 0 Å². The lowest BCUT2D eigenvalue weighted by Crippen LogP contribution is -2.59. The number of piperidine rings is 1. The van der Waals surface area contributed by atoms with Crippen LogP contribution in [-0.2, 0) is 14.3 Å². The molecule has 0 aromatic rings. The predicted octanol–water partition coefficient (Wildman–Crippen LogP) is 2.62. The van der Waals surface area contributed by atoms with Crippen LogP contribution >= 0.6 is 0 Å². The van der Waals surface area contributed by atoms with Gasteiger partial charge in [-0.25, -0.2) is 0 Å². The molecular weight excluding hydrogens is 366 g/mol. The fourth-order valence-electron chi connectivity index (χ4n) is 6.35. The molecule has 6 nitrogen and oxygen atoms in total. The number of hydrogen-bond donors (Lipinski definition) is 1. The number of hydrogen-bond acceptors (Lipinski definition) is 6. The van der Waals surface area contributed by atoms with Crippen LogP contribution in [-0.4, -0.2) is 80.5 Å². The third kappa shape index (κ3) is 5.15. The Morgan fingerprint density at radius 3 is 2.31 bits per heavy atom. The van der Waals surface area contributed by atoms with Crippen molar-refractivity contribution in [3.05, 3.63) is 0 Å². The van der Waals surface area contributed by atoms with Crippen molar-refractivity contribution in [3.8, 4) is 0 Å². The van der Waals surface area contributed by atoms with Gasteiger partial charge in [-0.15, -0.1) is 0 Å². The smallest absolute Gasteiger partial charge is 0.323 e. The highest BCUT2D eigenvalue weighted by molar-refractivity contribution is 5.76. The van der Waals surface area contributed by atoms with E-state index in [-0.39, 0.29) is 12.0 Å². The lowest BCUT2D eigenvalue weighted by molar-refractivity contribution is -0.149. The van der Waals surface area contributed by atoms with Crippen molar-refractivity contribution >= 4 is 5.97 Å². The lowest BCUT2D eigenvalue weighted by Gasteiger charge is -2.44. The largest absolute Gasteiger partial charge is 0.468 e. The van der Waals surface area contributed by atoms with Crippen LogP contribution < -0.4 is 5.32 Å². The highest BCUT2D eigenvalue weighted by Crippen LogP contribution is 2.33. The van der Waals surface area contributed by atoms with Gasteiger partial charge < -0.3 is 9.47 Å². The predicted molar refractivity (Wildman–Crippen MR) is 114 cm³/mol. The van der Waals surface area contributed by atoms with Gasteiger partial charge in [-0.05, 0) is 56.8 Å². The van der Waals surface area contributed by atoms with Crippen LogP contribution in [0.4, 0.5) is 0 Å². The summed E-state index contributed by atoms with van der Waals surface area (Å²) in [7, 11) is 3.39. The Morgan fingerprint density at radius 2 is 1.62 bits per heavy atom. The maximum atomic E-state index is 12.5. The summed E-state index contributed by atoms with van der Waals surface area (Å²) in [4.78, 5) is 17.7. The average Bonchev–Trinajstić information content (AvgIpc) is 3.15. The van der Waals surface area contributed by atoms with E-state index in [0.29, 0.717) is 18.2 Å². The zero-order valence-corrected chi connectivity index (χ0v) is 18.5. The van der Waals surface area contributed by atoms with E-state index in [0.717, 1.165) is 38.0 Å². The molecule has 29 heavy (non-hydrogen) atoms. The maximum absolute atomic E-state index is 12.5. The third-order valence-corrected chi connectivity index (χ3v) is 8.14. The molecule has 0 bridgehead atoms. The molecule has 0 amide bonds. The van der Waals surface area contributed by atoms with Gasteiger partial charge >= 0.3 is 5.97 Å². The van der Waals surface area contributed by atoms with E-state index < -0.39 is 0 Å². The summed E-state index contributed by atoms with van der Waals surface area (Å²) in [5.41, 5.74) is 0. The number of carbonyl (C=O) groups excluding carboxylic acids is 1. The first-order valence-electron chi connectivity index (χ1n) is 12.0. The summed E-state index contributed by atoms with van der Waals surface area (Å²) >= 11 is 0. The summed E-state index contributed by atoms with van der Waals surface area (Å²) in [6, 6.07) is 0.865. The Labute approximate surface area is 176 Å². The number of fused-ring (bicyclic) bond motifs is 1. The standard InChI is InChI=1S/C23H41N3O3/c1-28-19-10-8-18(9-11-19)14-26-16-24-20-12-21(23(27)29-2)25(15-22(20)26)13-17-6-4-3-5-7-17/h17-22,24H,3-16H2,1-2H3. The van der Waals surface area contributed by atoms with Crippen molar-refractivity contribution in [1.82, 2.24) is 15.1 Å². The van der Waals surface area contributed by atoms with Crippen LogP contribution in [0.25, 0.3) is 0 Å². The van der Waals surface area contributed by atoms with Crippen molar-refractivity contribution in [3.63, 3.8) is 0 Å². The van der Waals surface area contributed by atoms with Crippen molar-refractivity contribution in [2.24, 2.45) is 11.8 Å². The van der Waals surface area contributed by atoms with E-state index in [1.54, 1.807) is 0 Å². The monoisotopic (exact) mass is 407 g/mol. The van der Waals surface area contributed by atoms with Crippen LogP contribution in [0, 0.1) is 11.8 Å². The maximum Gasteiger partial charge on any atom is 0.323 e. The molecule has 0 aromatic heterocycles. The molecule has 0 radical (unpaired) electrons. The van der Waals surface area contributed by atoms with Gasteiger partial charge in [-0.1, -0.05) is 19.3 Å². The quantitative estimate of drug-likeness (QED) is 0.683. The summed E-state index contributed by atoms with van der Waals surface area (Å²) in [6.45, 7) is 4.21. The molecule has 3 unspecified atom stereocenters. The Balaban J connectivity index is 1.37. The first kappa shape index (κ1) is 21.5. The molecule has 2 aliphatic carbocycles. The number of likely N-dealkylation sites (tertiary alicyclic amines) is 1. The van der Waals surface area contributed by atoms with Crippen molar-refractivity contribution < 1.29 is 14.3 Å². The van der Waals surface area contributed by atoms with Crippen molar-refractivity contribution in [1.29, 1.82) is 0 Å². The number of rotatable bonds is 6. The Bertz CT molecular complexity index is 531.